The summed E-state index contributed by atoms with van der Waals surface area (Å²) in [6, 6.07) is 9.49. The molecule has 2 amide bonds. The third-order valence-electron chi connectivity index (χ3n) is 6.22. The lowest BCUT2D eigenvalue weighted by Gasteiger charge is -2.23. The number of carbonyl (C=O) groups is 4. The van der Waals surface area contributed by atoms with Crippen LogP contribution in [0.5, 0.6) is 0 Å². The Balaban J connectivity index is 1.41. The van der Waals surface area contributed by atoms with Crippen LogP contribution in [-0.4, -0.2) is 65.6 Å². The van der Waals surface area contributed by atoms with Crippen LogP contribution in [0.4, 0.5) is 5.82 Å². The number of amides is 2. The summed E-state index contributed by atoms with van der Waals surface area (Å²) in [5, 5.41) is 7.65. The van der Waals surface area contributed by atoms with E-state index in [1.54, 1.807) is 43.6 Å². The number of benzene rings is 1. The van der Waals surface area contributed by atoms with Crippen molar-refractivity contribution in [1.29, 1.82) is 0 Å². The summed E-state index contributed by atoms with van der Waals surface area (Å²) in [4.78, 5) is 64.8. The minimum Gasteiger partial charge on any atom is -0.321 e. The van der Waals surface area contributed by atoms with Crippen molar-refractivity contribution in [3.8, 4) is 11.1 Å². The maximum absolute atomic E-state index is 13.3. The number of likely N-dealkylation sites (tertiary alicyclic amines) is 1. The first kappa shape index (κ1) is 25.3. The van der Waals surface area contributed by atoms with E-state index in [0.717, 1.165) is 11.1 Å². The Morgan fingerprint density at radius 2 is 1.87 bits per heavy atom. The highest BCUT2D eigenvalue weighted by atomic mass is 79.9. The number of hydrogen-bond donors (Lipinski definition) is 1. The van der Waals surface area contributed by atoms with Gasteiger partial charge in [-0.25, -0.2) is 15.0 Å². The van der Waals surface area contributed by atoms with Crippen LogP contribution >= 0.6 is 15.9 Å². The van der Waals surface area contributed by atoms with Gasteiger partial charge in [0.2, 0.25) is 11.8 Å². The van der Waals surface area contributed by atoms with Crippen molar-refractivity contribution in [2.45, 2.75) is 32.9 Å². The van der Waals surface area contributed by atoms with Gasteiger partial charge in [0.25, 0.3) is 0 Å². The second-order valence-corrected chi connectivity index (χ2v) is 9.74. The number of hydrogen-bond acceptors (Lipinski definition) is 8. The van der Waals surface area contributed by atoms with Crippen LogP contribution in [-0.2, 0) is 20.9 Å². The van der Waals surface area contributed by atoms with E-state index < -0.39 is 17.9 Å². The number of nitrogens with zero attached hydrogens (tertiary/aromatic N) is 6. The average Bonchev–Trinajstić information content (AvgIpc) is 3.45. The predicted octanol–water partition coefficient (Wildman–Crippen LogP) is 2.97. The SMILES string of the molecule is CC(=O)c1nn(CC(=O)N2CC(=O)C[C@H]2C(=O)Nc2cccc(Br)n2)c2ccc(-c3cnc(C)nc3)cc12. The van der Waals surface area contributed by atoms with Gasteiger partial charge in [-0.1, -0.05) is 12.1 Å². The number of Topliss-reactive ketones (excluding diaryl/α,β-unsaturated/α-hetero) is 2. The zero-order valence-corrected chi connectivity index (χ0v) is 22.1. The van der Waals surface area contributed by atoms with Gasteiger partial charge in [-0.05, 0) is 52.7 Å². The third-order valence-corrected chi connectivity index (χ3v) is 6.66. The van der Waals surface area contributed by atoms with E-state index in [4.69, 9.17) is 0 Å². The fourth-order valence-electron chi connectivity index (χ4n) is 4.37. The molecule has 38 heavy (non-hydrogen) atoms. The van der Waals surface area contributed by atoms with E-state index >= 15 is 0 Å². The molecule has 1 aliphatic rings. The lowest BCUT2D eigenvalue weighted by molar-refractivity contribution is -0.137. The number of pyridine rings is 1. The monoisotopic (exact) mass is 575 g/mol. The molecule has 0 unspecified atom stereocenters. The van der Waals surface area contributed by atoms with Crippen LogP contribution in [0.2, 0.25) is 0 Å². The van der Waals surface area contributed by atoms with Crippen molar-refractivity contribution in [2.75, 3.05) is 11.9 Å². The Labute approximate surface area is 225 Å². The Kier molecular flexibility index (Phi) is 6.81. The maximum atomic E-state index is 13.3. The van der Waals surface area contributed by atoms with E-state index in [1.165, 1.54) is 16.5 Å². The largest absolute Gasteiger partial charge is 0.321 e. The summed E-state index contributed by atoms with van der Waals surface area (Å²) in [6.45, 7) is 2.77. The van der Waals surface area contributed by atoms with Crippen molar-refractivity contribution >= 4 is 56.0 Å². The van der Waals surface area contributed by atoms with Crippen LogP contribution in [0.15, 0.2) is 53.4 Å². The van der Waals surface area contributed by atoms with Crippen molar-refractivity contribution in [3.05, 3.63) is 64.9 Å². The highest BCUT2D eigenvalue weighted by Crippen LogP contribution is 2.27. The molecule has 0 saturated carbocycles. The van der Waals surface area contributed by atoms with Crippen molar-refractivity contribution in [3.63, 3.8) is 0 Å². The lowest BCUT2D eigenvalue weighted by Crippen LogP contribution is -2.44. The molecule has 4 heterocycles. The highest BCUT2D eigenvalue weighted by molar-refractivity contribution is 9.10. The molecule has 0 radical (unpaired) electrons. The standard InChI is InChI=1S/C26H22BrN7O4/c1-14(35)25-19-8-16(17-10-28-15(2)29-11-17)6-7-20(19)34(32-25)13-24(37)33-12-18(36)9-21(33)26(38)31-23-5-3-4-22(27)30-23/h3-8,10-11,21H,9,12-13H2,1-2H3,(H,30,31,38)/t21-/m0/s1. The van der Waals surface area contributed by atoms with Gasteiger partial charge in [-0.15, -0.1) is 0 Å². The first-order valence-corrected chi connectivity index (χ1v) is 12.5. The van der Waals surface area contributed by atoms with Gasteiger partial charge in [0, 0.05) is 36.7 Å². The van der Waals surface area contributed by atoms with Crippen LogP contribution < -0.4 is 5.32 Å². The van der Waals surface area contributed by atoms with Gasteiger partial charge in [0.1, 0.15) is 34.5 Å². The minimum atomic E-state index is -0.974. The second-order valence-electron chi connectivity index (χ2n) is 8.93. The third kappa shape index (κ3) is 5.07. The van der Waals surface area contributed by atoms with Gasteiger partial charge >= 0.3 is 0 Å². The van der Waals surface area contributed by atoms with Gasteiger partial charge in [0.05, 0.1) is 12.1 Å². The number of halogens is 1. The molecule has 0 bridgehead atoms. The van der Waals surface area contributed by atoms with E-state index in [0.29, 0.717) is 27.1 Å². The Bertz CT molecular complexity index is 1600. The van der Waals surface area contributed by atoms with Gasteiger partial charge < -0.3 is 10.2 Å². The molecule has 192 valence electrons. The molecule has 3 aromatic heterocycles. The Morgan fingerprint density at radius 3 is 2.58 bits per heavy atom. The molecule has 1 fully saturated rings. The van der Waals surface area contributed by atoms with Crippen molar-refractivity contribution in [1.82, 2.24) is 29.6 Å². The topological polar surface area (TPSA) is 140 Å². The number of anilines is 1. The summed E-state index contributed by atoms with van der Waals surface area (Å²) in [6.07, 6.45) is 3.31. The normalized spacial score (nSPS) is 15.2. The first-order chi connectivity index (χ1) is 18.2. The molecule has 1 N–H and O–H groups in total. The molecule has 1 atom stereocenters. The fourth-order valence-corrected chi connectivity index (χ4v) is 4.72. The Morgan fingerprint density at radius 1 is 1.11 bits per heavy atom. The molecule has 12 heteroatoms. The number of ketones is 2. The summed E-state index contributed by atoms with van der Waals surface area (Å²) in [7, 11) is 0. The number of carbonyl (C=O) groups excluding carboxylic acids is 4. The average molecular weight is 576 g/mol. The van der Waals surface area contributed by atoms with Crippen LogP contribution in [0.3, 0.4) is 0 Å². The molecule has 5 rings (SSSR count). The second kappa shape index (κ2) is 10.2. The molecule has 1 saturated heterocycles. The number of aryl methyl sites for hydroxylation is 1. The van der Waals surface area contributed by atoms with Gasteiger partial charge in [0.15, 0.2) is 11.6 Å². The smallest absolute Gasteiger partial charge is 0.248 e. The van der Waals surface area contributed by atoms with Gasteiger partial charge in [-0.2, -0.15) is 5.10 Å². The molecule has 11 nitrogen and oxygen atoms in total. The maximum Gasteiger partial charge on any atom is 0.248 e. The molecule has 0 spiro atoms. The summed E-state index contributed by atoms with van der Waals surface area (Å²) >= 11 is 3.25. The van der Waals surface area contributed by atoms with Gasteiger partial charge in [-0.3, -0.25) is 23.9 Å². The minimum absolute atomic E-state index is 0.0912. The van der Waals surface area contributed by atoms with E-state index in [-0.39, 0.29) is 36.8 Å². The predicted molar refractivity (Wildman–Crippen MR) is 141 cm³/mol. The summed E-state index contributed by atoms with van der Waals surface area (Å²) in [5.41, 5.74) is 2.37. The summed E-state index contributed by atoms with van der Waals surface area (Å²) < 4.78 is 1.97. The first-order valence-electron chi connectivity index (χ1n) is 11.7. The van der Waals surface area contributed by atoms with E-state index in [1.807, 2.05) is 12.1 Å². The molecule has 1 aliphatic heterocycles. The number of aromatic nitrogens is 5. The zero-order valence-electron chi connectivity index (χ0n) is 20.5. The Hall–Kier alpha value is -4.32. The van der Waals surface area contributed by atoms with E-state index in [2.05, 4.69) is 41.3 Å². The highest BCUT2D eigenvalue weighted by Gasteiger charge is 2.39. The number of nitrogens with one attached hydrogen (secondary N) is 1. The molecule has 4 aromatic rings. The van der Waals surface area contributed by atoms with Crippen LogP contribution in [0.25, 0.3) is 22.0 Å². The number of fused-ring (bicyclic) bond motifs is 1. The molecule has 1 aromatic carbocycles. The zero-order chi connectivity index (χ0) is 27.0. The van der Waals surface area contributed by atoms with Crippen molar-refractivity contribution in [2.24, 2.45) is 0 Å². The molecular formula is C26H22BrN7O4. The quantitative estimate of drug-likeness (QED) is 0.273. The summed E-state index contributed by atoms with van der Waals surface area (Å²) in [5.74, 6) is -0.502. The lowest BCUT2D eigenvalue weighted by atomic mass is 10.0. The molecular weight excluding hydrogens is 554 g/mol. The van der Waals surface area contributed by atoms with Crippen LogP contribution in [0, 0.1) is 6.92 Å². The van der Waals surface area contributed by atoms with Crippen LogP contribution in [0.1, 0.15) is 29.7 Å². The van der Waals surface area contributed by atoms with E-state index in [9.17, 15) is 19.2 Å². The molecule has 0 aliphatic carbocycles. The number of rotatable bonds is 6. The van der Waals surface area contributed by atoms with Crippen molar-refractivity contribution < 1.29 is 19.2 Å². The fraction of sp³-hybridized carbons (Fsp3) is 0.231.